The molecular weight excluding hydrogens is 278 g/mol. The van der Waals surface area contributed by atoms with Crippen molar-refractivity contribution >= 4 is 17.5 Å². The molecule has 1 saturated heterocycles. The van der Waals surface area contributed by atoms with Crippen molar-refractivity contribution < 1.29 is 9.59 Å². The first kappa shape index (κ1) is 15.0. The summed E-state index contributed by atoms with van der Waals surface area (Å²) in [6.45, 7) is 5.35. The first-order chi connectivity index (χ1) is 10.6. The van der Waals surface area contributed by atoms with Crippen molar-refractivity contribution in [3.05, 3.63) is 29.8 Å². The van der Waals surface area contributed by atoms with Crippen LogP contribution in [0, 0.1) is 18.8 Å². The highest BCUT2D eigenvalue weighted by Gasteiger charge is 2.49. The van der Waals surface area contributed by atoms with Crippen LogP contribution in [0.3, 0.4) is 0 Å². The summed E-state index contributed by atoms with van der Waals surface area (Å²) in [4.78, 5) is 28.8. The number of rotatable bonds is 3. The zero-order valence-corrected chi connectivity index (χ0v) is 13.2. The number of nitrogens with one attached hydrogen (secondary N) is 1. The maximum Gasteiger partial charge on any atom is 0.228 e. The van der Waals surface area contributed by atoms with Crippen LogP contribution >= 0.6 is 0 Å². The number of hydrogen-bond acceptors (Lipinski definition) is 3. The number of anilines is 1. The lowest BCUT2D eigenvalue weighted by molar-refractivity contribution is -0.135. The second-order valence-corrected chi connectivity index (χ2v) is 6.38. The predicted octanol–water partition coefficient (Wildman–Crippen LogP) is 1.34. The molecule has 2 unspecified atom stereocenters. The van der Waals surface area contributed by atoms with E-state index in [4.69, 9.17) is 0 Å². The summed E-state index contributed by atoms with van der Waals surface area (Å²) >= 11 is 0. The van der Waals surface area contributed by atoms with E-state index < -0.39 is 0 Å². The molecule has 1 aromatic carbocycles. The highest BCUT2D eigenvalue weighted by molar-refractivity contribution is 5.99. The fourth-order valence-corrected chi connectivity index (χ4v) is 2.96. The summed E-state index contributed by atoms with van der Waals surface area (Å²) in [7, 11) is 2.07. The molecule has 22 heavy (non-hydrogen) atoms. The molecule has 1 aromatic rings. The van der Waals surface area contributed by atoms with Gasteiger partial charge in [-0.15, -0.1) is 0 Å². The van der Waals surface area contributed by atoms with Crippen molar-refractivity contribution in [3.63, 3.8) is 0 Å². The molecule has 1 aliphatic carbocycles. The molecule has 1 saturated carbocycles. The molecular formula is C17H23N3O2. The SMILES string of the molecule is Cc1ccccc1NC(=O)C1CC1C(=O)N1CCN(C)CC1. The maximum atomic E-state index is 12.4. The van der Waals surface area contributed by atoms with Crippen LogP contribution in [0.15, 0.2) is 24.3 Å². The van der Waals surface area contributed by atoms with Crippen molar-refractivity contribution in [1.82, 2.24) is 9.80 Å². The fourth-order valence-electron chi connectivity index (χ4n) is 2.96. The Morgan fingerprint density at radius 1 is 1.09 bits per heavy atom. The second kappa shape index (κ2) is 6.08. The number of amides is 2. The van der Waals surface area contributed by atoms with Crippen LogP contribution in [0.2, 0.25) is 0 Å². The lowest BCUT2D eigenvalue weighted by Gasteiger charge is -2.32. The molecule has 5 nitrogen and oxygen atoms in total. The van der Waals surface area contributed by atoms with E-state index in [9.17, 15) is 9.59 Å². The van der Waals surface area contributed by atoms with E-state index in [0.717, 1.165) is 37.4 Å². The van der Waals surface area contributed by atoms with E-state index in [0.29, 0.717) is 6.42 Å². The standard InChI is InChI=1S/C17H23N3O2/c1-12-5-3-4-6-15(12)18-16(21)13-11-14(13)17(22)20-9-7-19(2)8-10-20/h3-6,13-14H,7-11H2,1-2H3,(H,18,21). The van der Waals surface area contributed by atoms with E-state index in [1.54, 1.807) is 0 Å². The smallest absolute Gasteiger partial charge is 0.228 e. The van der Waals surface area contributed by atoms with E-state index in [1.165, 1.54) is 0 Å². The highest BCUT2D eigenvalue weighted by atomic mass is 16.2. The number of aryl methyl sites for hydroxylation is 1. The Bertz CT molecular complexity index is 579. The summed E-state index contributed by atoms with van der Waals surface area (Å²) in [5, 5.41) is 2.95. The molecule has 0 radical (unpaired) electrons. The number of carbonyl (C=O) groups excluding carboxylic acids is 2. The van der Waals surface area contributed by atoms with Crippen molar-refractivity contribution in [3.8, 4) is 0 Å². The number of nitrogens with zero attached hydrogens (tertiary/aromatic N) is 2. The van der Waals surface area contributed by atoms with Gasteiger partial charge in [0.15, 0.2) is 0 Å². The van der Waals surface area contributed by atoms with Crippen LogP contribution in [-0.2, 0) is 9.59 Å². The van der Waals surface area contributed by atoms with Gasteiger partial charge in [0.1, 0.15) is 0 Å². The Hall–Kier alpha value is -1.88. The minimum atomic E-state index is -0.160. The Balaban J connectivity index is 1.54. The minimum absolute atomic E-state index is 0.0261. The molecule has 2 aliphatic rings. The quantitative estimate of drug-likeness (QED) is 0.917. The highest BCUT2D eigenvalue weighted by Crippen LogP contribution is 2.41. The van der Waals surface area contributed by atoms with Crippen molar-refractivity contribution in [2.24, 2.45) is 11.8 Å². The van der Waals surface area contributed by atoms with Gasteiger partial charge in [-0.3, -0.25) is 9.59 Å². The third-order valence-corrected chi connectivity index (χ3v) is 4.66. The van der Waals surface area contributed by atoms with Gasteiger partial charge in [0.2, 0.25) is 11.8 Å². The van der Waals surface area contributed by atoms with Crippen molar-refractivity contribution in [1.29, 1.82) is 0 Å². The molecule has 5 heteroatoms. The van der Waals surface area contributed by atoms with Crippen LogP contribution in [-0.4, -0.2) is 54.8 Å². The molecule has 0 spiro atoms. The average molecular weight is 301 g/mol. The molecule has 0 aromatic heterocycles. The van der Waals surface area contributed by atoms with E-state index in [-0.39, 0.29) is 23.7 Å². The summed E-state index contributed by atoms with van der Waals surface area (Å²) in [5.74, 6) is -0.154. The maximum absolute atomic E-state index is 12.4. The Morgan fingerprint density at radius 3 is 2.45 bits per heavy atom. The van der Waals surface area contributed by atoms with Gasteiger partial charge in [-0.25, -0.2) is 0 Å². The number of para-hydroxylation sites is 1. The fraction of sp³-hybridized carbons (Fsp3) is 0.529. The molecule has 118 valence electrons. The summed E-state index contributed by atoms with van der Waals surface area (Å²) in [5.41, 5.74) is 1.88. The van der Waals surface area contributed by atoms with Gasteiger partial charge >= 0.3 is 0 Å². The zero-order valence-electron chi connectivity index (χ0n) is 13.2. The molecule has 2 atom stereocenters. The van der Waals surface area contributed by atoms with Gasteiger partial charge in [0.05, 0.1) is 11.8 Å². The van der Waals surface area contributed by atoms with E-state index in [1.807, 2.05) is 36.1 Å². The monoisotopic (exact) mass is 301 g/mol. The summed E-state index contributed by atoms with van der Waals surface area (Å²) in [6, 6.07) is 7.71. The number of carbonyl (C=O) groups is 2. The van der Waals surface area contributed by atoms with Gasteiger partial charge in [-0.2, -0.15) is 0 Å². The Morgan fingerprint density at radius 2 is 1.77 bits per heavy atom. The molecule has 1 N–H and O–H groups in total. The third kappa shape index (κ3) is 3.14. The molecule has 1 aliphatic heterocycles. The second-order valence-electron chi connectivity index (χ2n) is 6.38. The summed E-state index contributed by atoms with van der Waals surface area (Å²) in [6.07, 6.45) is 0.683. The van der Waals surface area contributed by atoms with E-state index in [2.05, 4.69) is 17.3 Å². The zero-order chi connectivity index (χ0) is 15.7. The topological polar surface area (TPSA) is 52.7 Å². The van der Waals surface area contributed by atoms with Gasteiger partial charge in [-0.1, -0.05) is 18.2 Å². The Kier molecular flexibility index (Phi) is 4.16. The van der Waals surface area contributed by atoms with Crippen molar-refractivity contribution in [2.45, 2.75) is 13.3 Å². The van der Waals surface area contributed by atoms with Gasteiger partial charge < -0.3 is 15.1 Å². The Labute approximate surface area is 131 Å². The normalized spacial score (nSPS) is 24.9. The van der Waals surface area contributed by atoms with Crippen LogP contribution in [0.1, 0.15) is 12.0 Å². The number of likely N-dealkylation sites (N-methyl/N-ethyl adjacent to an activating group) is 1. The minimum Gasteiger partial charge on any atom is -0.340 e. The van der Waals surface area contributed by atoms with Gasteiger partial charge in [-0.05, 0) is 32.0 Å². The third-order valence-electron chi connectivity index (χ3n) is 4.66. The molecule has 0 bridgehead atoms. The first-order valence-corrected chi connectivity index (χ1v) is 7.90. The average Bonchev–Trinajstić information content (AvgIpc) is 3.30. The van der Waals surface area contributed by atoms with Gasteiger partial charge in [0, 0.05) is 31.9 Å². The van der Waals surface area contributed by atoms with Crippen molar-refractivity contribution in [2.75, 3.05) is 38.5 Å². The van der Waals surface area contributed by atoms with Crippen LogP contribution in [0.4, 0.5) is 5.69 Å². The lowest BCUT2D eigenvalue weighted by Crippen LogP contribution is -2.48. The molecule has 3 rings (SSSR count). The molecule has 1 heterocycles. The van der Waals surface area contributed by atoms with Gasteiger partial charge in [0.25, 0.3) is 0 Å². The molecule has 2 amide bonds. The number of benzene rings is 1. The predicted molar refractivity (Wildman–Crippen MR) is 85.5 cm³/mol. The largest absolute Gasteiger partial charge is 0.340 e. The van der Waals surface area contributed by atoms with Crippen LogP contribution in [0.25, 0.3) is 0 Å². The molecule has 2 fully saturated rings. The van der Waals surface area contributed by atoms with E-state index >= 15 is 0 Å². The lowest BCUT2D eigenvalue weighted by atomic mass is 10.2. The number of piperazine rings is 1. The van der Waals surface area contributed by atoms with Crippen LogP contribution < -0.4 is 5.32 Å². The van der Waals surface area contributed by atoms with Crippen LogP contribution in [0.5, 0.6) is 0 Å². The number of hydrogen-bond donors (Lipinski definition) is 1. The first-order valence-electron chi connectivity index (χ1n) is 7.90. The summed E-state index contributed by atoms with van der Waals surface area (Å²) < 4.78 is 0.